The van der Waals surface area contributed by atoms with Gasteiger partial charge < -0.3 is 20.9 Å². The zero-order valence-electron chi connectivity index (χ0n) is 20.0. The molecule has 1 aliphatic rings. The molecule has 2 rings (SSSR count). The number of guanidine groups is 1. The maximum atomic E-state index is 12.5. The third-order valence-corrected chi connectivity index (χ3v) is 5.42. The summed E-state index contributed by atoms with van der Waals surface area (Å²) in [4.78, 5) is 32.4. The third-order valence-electron chi connectivity index (χ3n) is 5.42. The lowest BCUT2D eigenvalue weighted by Gasteiger charge is -2.30. The van der Waals surface area contributed by atoms with E-state index in [1.54, 1.807) is 11.9 Å². The molecule has 180 valence electrons. The number of benzene rings is 1. The predicted octanol–water partition coefficient (Wildman–Crippen LogP) is 2.05. The second-order valence-corrected chi connectivity index (χ2v) is 8.41. The predicted molar refractivity (Wildman–Crippen MR) is 141 cm³/mol. The van der Waals surface area contributed by atoms with E-state index in [4.69, 9.17) is 0 Å². The van der Waals surface area contributed by atoms with Crippen LogP contribution in [0.5, 0.6) is 0 Å². The van der Waals surface area contributed by atoms with Crippen LogP contribution in [0.2, 0.25) is 0 Å². The summed E-state index contributed by atoms with van der Waals surface area (Å²) in [7, 11) is 1.76. The quantitative estimate of drug-likeness (QED) is 0.187. The van der Waals surface area contributed by atoms with Gasteiger partial charge in [-0.25, -0.2) is 0 Å². The fraction of sp³-hybridized carbons (Fsp3) is 0.609. The van der Waals surface area contributed by atoms with E-state index in [1.165, 1.54) is 0 Å². The van der Waals surface area contributed by atoms with Crippen LogP contribution in [0.1, 0.15) is 50.0 Å². The molecule has 9 heteroatoms. The SMILES string of the molecule is CN=C(NCCCN(C(C)C)C(C)C)NCc1ccc(C(=O)N2CCNC(=O)C2)cc1.I. The van der Waals surface area contributed by atoms with Crippen molar-refractivity contribution in [2.24, 2.45) is 4.99 Å². The average Bonchev–Trinajstić information content (AvgIpc) is 2.75. The molecule has 8 nitrogen and oxygen atoms in total. The van der Waals surface area contributed by atoms with Gasteiger partial charge in [0.05, 0.1) is 6.54 Å². The Morgan fingerprint density at radius 1 is 1.16 bits per heavy atom. The minimum absolute atomic E-state index is 0. The van der Waals surface area contributed by atoms with Crippen LogP contribution in [0.15, 0.2) is 29.3 Å². The Hall–Kier alpha value is -1.88. The second-order valence-electron chi connectivity index (χ2n) is 8.41. The Bertz CT molecular complexity index is 743. The standard InChI is InChI=1S/C23H38N6O2.HI/c1-17(2)29(18(3)4)13-6-11-26-23(24-5)27-15-19-7-9-20(10-8-19)22(31)28-14-12-25-21(30)16-28;/h7-10,17-18H,6,11-16H2,1-5H3,(H,25,30)(H2,24,26,27);1H. The van der Waals surface area contributed by atoms with Crippen LogP contribution in [0.4, 0.5) is 0 Å². The Morgan fingerprint density at radius 3 is 2.38 bits per heavy atom. The molecule has 1 aromatic carbocycles. The summed E-state index contributed by atoms with van der Waals surface area (Å²) < 4.78 is 0. The first-order valence-corrected chi connectivity index (χ1v) is 11.2. The van der Waals surface area contributed by atoms with E-state index < -0.39 is 0 Å². The number of hydrogen-bond acceptors (Lipinski definition) is 4. The maximum absolute atomic E-state index is 12.5. The number of amides is 2. The summed E-state index contributed by atoms with van der Waals surface area (Å²) in [6, 6.07) is 8.57. The number of rotatable bonds is 9. The van der Waals surface area contributed by atoms with E-state index >= 15 is 0 Å². The summed E-state index contributed by atoms with van der Waals surface area (Å²) in [5.74, 6) is 0.546. The van der Waals surface area contributed by atoms with Gasteiger partial charge in [-0.1, -0.05) is 12.1 Å². The van der Waals surface area contributed by atoms with Gasteiger partial charge in [-0.3, -0.25) is 19.5 Å². The number of aliphatic imine (C=N–C) groups is 1. The van der Waals surface area contributed by atoms with Crippen LogP contribution in [0.25, 0.3) is 0 Å². The van der Waals surface area contributed by atoms with Crippen molar-refractivity contribution in [2.75, 3.05) is 39.8 Å². The van der Waals surface area contributed by atoms with Gasteiger partial charge in [0, 0.05) is 57.4 Å². The van der Waals surface area contributed by atoms with Gasteiger partial charge in [-0.2, -0.15) is 0 Å². The molecule has 0 spiro atoms. The van der Waals surface area contributed by atoms with E-state index in [0.29, 0.717) is 37.3 Å². The van der Waals surface area contributed by atoms with Crippen molar-refractivity contribution < 1.29 is 9.59 Å². The van der Waals surface area contributed by atoms with Crippen molar-refractivity contribution >= 4 is 41.8 Å². The number of nitrogens with zero attached hydrogens (tertiary/aromatic N) is 3. The first-order chi connectivity index (χ1) is 14.8. The maximum Gasteiger partial charge on any atom is 0.254 e. The Kier molecular flexibility index (Phi) is 12.6. The van der Waals surface area contributed by atoms with Crippen LogP contribution in [0, 0.1) is 0 Å². The molecule has 0 bridgehead atoms. The van der Waals surface area contributed by atoms with E-state index in [1.807, 2.05) is 24.3 Å². The van der Waals surface area contributed by atoms with Gasteiger partial charge in [0.25, 0.3) is 5.91 Å². The van der Waals surface area contributed by atoms with Crippen LogP contribution in [-0.2, 0) is 11.3 Å². The zero-order chi connectivity index (χ0) is 22.8. The van der Waals surface area contributed by atoms with Crippen molar-refractivity contribution in [2.45, 2.75) is 52.7 Å². The molecule has 2 amide bonds. The van der Waals surface area contributed by atoms with Gasteiger partial charge in [0.15, 0.2) is 5.96 Å². The lowest BCUT2D eigenvalue weighted by Crippen LogP contribution is -2.49. The van der Waals surface area contributed by atoms with E-state index in [-0.39, 0.29) is 42.3 Å². The van der Waals surface area contributed by atoms with Gasteiger partial charge in [-0.05, 0) is 51.8 Å². The van der Waals surface area contributed by atoms with Crippen molar-refractivity contribution in [1.82, 2.24) is 25.8 Å². The molecule has 0 radical (unpaired) electrons. The number of halogens is 1. The third kappa shape index (κ3) is 8.93. The summed E-state index contributed by atoms with van der Waals surface area (Å²) in [5, 5.41) is 9.41. The topological polar surface area (TPSA) is 89.1 Å². The van der Waals surface area contributed by atoms with Gasteiger partial charge in [0.1, 0.15) is 0 Å². The molecule has 0 aliphatic carbocycles. The van der Waals surface area contributed by atoms with Crippen LogP contribution in [-0.4, -0.2) is 79.4 Å². The summed E-state index contributed by atoms with van der Waals surface area (Å²) in [5.41, 5.74) is 1.66. The first kappa shape index (κ1) is 28.2. The molecule has 1 saturated heterocycles. The lowest BCUT2D eigenvalue weighted by atomic mass is 10.1. The van der Waals surface area contributed by atoms with Crippen LogP contribution >= 0.6 is 24.0 Å². The second kappa shape index (κ2) is 14.3. The summed E-state index contributed by atoms with van der Waals surface area (Å²) in [6.45, 7) is 12.6. The highest BCUT2D eigenvalue weighted by Gasteiger charge is 2.22. The highest BCUT2D eigenvalue weighted by molar-refractivity contribution is 14.0. The number of piperazine rings is 1. The van der Waals surface area contributed by atoms with Gasteiger partial charge in [-0.15, -0.1) is 24.0 Å². The lowest BCUT2D eigenvalue weighted by molar-refractivity contribution is -0.123. The molecule has 0 aromatic heterocycles. The Balaban J connectivity index is 0.00000512. The molecular weight excluding hydrogens is 519 g/mol. The molecule has 1 aromatic rings. The summed E-state index contributed by atoms with van der Waals surface area (Å²) >= 11 is 0. The smallest absolute Gasteiger partial charge is 0.254 e. The van der Waals surface area contributed by atoms with Crippen molar-refractivity contribution in [1.29, 1.82) is 0 Å². The average molecular weight is 559 g/mol. The summed E-state index contributed by atoms with van der Waals surface area (Å²) in [6.07, 6.45) is 1.04. The number of carbonyl (C=O) groups is 2. The largest absolute Gasteiger partial charge is 0.356 e. The van der Waals surface area contributed by atoms with E-state index in [2.05, 4.69) is 53.5 Å². The van der Waals surface area contributed by atoms with E-state index in [9.17, 15) is 9.59 Å². The molecule has 1 aliphatic heterocycles. The number of carbonyl (C=O) groups excluding carboxylic acids is 2. The van der Waals surface area contributed by atoms with Crippen LogP contribution < -0.4 is 16.0 Å². The minimum atomic E-state index is -0.111. The molecule has 0 unspecified atom stereocenters. The normalized spacial score (nSPS) is 14.4. The van der Waals surface area contributed by atoms with Crippen molar-refractivity contribution in [3.8, 4) is 0 Å². The van der Waals surface area contributed by atoms with Crippen LogP contribution in [0.3, 0.4) is 0 Å². The fourth-order valence-corrected chi connectivity index (χ4v) is 3.75. The number of nitrogens with one attached hydrogen (secondary N) is 3. The van der Waals surface area contributed by atoms with Gasteiger partial charge >= 0.3 is 0 Å². The number of hydrogen-bond donors (Lipinski definition) is 3. The molecule has 0 atom stereocenters. The highest BCUT2D eigenvalue weighted by Crippen LogP contribution is 2.09. The first-order valence-electron chi connectivity index (χ1n) is 11.2. The molecule has 1 fully saturated rings. The van der Waals surface area contributed by atoms with E-state index in [0.717, 1.165) is 31.0 Å². The Morgan fingerprint density at radius 2 is 1.81 bits per heavy atom. The molecule has 32 heavy (non-hydrogen) atoms. The van der Waals surface area contributed by atoms with Crippen molar-refractivity contribution in [3.05, 3.63) is 35.4 Å². The minimum Gasteiger partial charge on any atom is -0.356 e. The molecule has 1 heterocycles. The fourth-order valence-electron chi connectivity index (χ4n) is 3.75. The molecule has 0 saturated carbocycles. The van der Waals surface area contributed by atoms with Gasteiger partial charge in [0.2, 0.25) is 5.91 Å². The van der Waals surface area contributed by atoms with Crippen molar-refractivity contribution in [3.63, 3.8) is 0 Å². The molecule has 3 N–H and O–H groups in total. The zero-order valence-corrected chi connectivity index (χ0v) is 22.3. The Labute approximate surface area is 209 Å². The monoisotopic (exact) mass is 558 g/mol. The highest BCUT2D eigenvalue weighted by atomic mass is 127. The molecular formula is C23H39IN6O2.